The number of benzene rings is 1. The molecule has 1 aromatic carbocycles. The molecule has 5 aromatic rings. The fourth-order valence-corrected chi connectivity index (χ4v) is 4.13. The highest BCUT2D eigenvalue weighted by atomic mass is 35.5. The van der Waals surface area contributed by atoms with Gasteiger partial charge in [-0.2, -0.15) is 0 Å². The Bertz CT molecular complexity index is 1300. The van der Waals surface area contributed by atoms with Gasteiger partial charge in [0.05, 0.1) is 5.39 Å². The molecule has 0 unspecified atom stereocenters. The van der Waals surface area contributed by atoms with Gasteiger partial charge in [0.25, 0.3) is 0 Å². The van der Waals surface area contributed by atoms with Gasteiger partial charge in [-0.1, -0.05) is 11.6 Å². The van der Waals surface area contributed by atoms with Crippen molar-refractivity contribution in [1.82, 2.24) is 19.6 Å². The lowest BCUT2D eigenvalue weighted by atomic mass is 10.2. The Morgan fingerprint density at radius 3 is 2.79 bits per heavy atom. The predicted octanol–water partition coefficient (Wildman–Crippen LogP) is 5.45. The zero-order chi connectivity index (χ0) is 19.3. The quantitative estimate of drug-likeness (QED) is 0.394. The SMILES string of the molecule is Cc1sc2ncn3nc(-c4ccc(COc5ccc(Cl)cc5)o4)nc3c2c1C. The van der Waals surface area contributed by atoms with Crippen LogP contribution in [0.15, 0.2) is 47.1 Å². The number of furan rings is 1. The topological polar surface area (TPSA) is 65.5 Å². The molecule has 0 aliphatic carbocycles. The minimum absolute atomic E-state index is 0.309. The summed E-state index contributed by atoms with van der Waals surface area (Å²) < 4.78 is 13.3. The highest BCUT2D eigenvalue weighted by Crippen LogP contribution is 2.32. The van der Waals surface area contributed by atoms with Crippen molar-refractivity contribution in [2.24, 2.45) is 0 Å². The van der Waals surface area contributed by atoms with Crippen LogP contribution in [0.25, 0.3) is 27.4 Å². The van der Waals surface area contributed by atoms with Gasteiger partial charge in [-0.15, -0.1) is 16.4 Å². The maximum absolute atomic E-state index is 5.89. The van der Waals surface area contributed by atoms with E-state index in [0.717, 1.165) is 21.6 Å². The minimum Gasteiger partial charge on any atom is -0.486 e. The molecule has 0 saturated carbocycles. The molecule has 0 N–H and O–H groups in total. The maximum atomic E-state index is 5.89. The van der Waals surface area contributed by atoms with Gasteiger partial charge in [0.2, 0.25) is 5.82 Å². The lowest BCUT2D eigenvalue weighted by molar-refractivity contribution is 0.272. The van der Waals surface area contributed by atoms with E-state index in [1.807, 2.05) is 24.3 Å². The van der Waals surface area contributed by atoms with Gasteiger partial charge in [0, 0.05) is 9.90 Å². The molecule has 0 aliphatic heterocycles. The fourth-order valence-electron chi connectivity index (χ4n) is 3.01. The fraction of sp³-hybridized carbons (Fsp3) is 0.150. The first kappa shape index (κ1) is 17.2. The first-order valence-corrected chi connectivity index (χ1v) is 9.86. The van der Waals surface area contributed by atoms with Gasteiger partial charge in [-0.3, -0.25) is 0 Å². The summed E-state index contributed by atoms with van der Waals surface area (Å²) in [6.07, 6.45) is 1.69. The number of ether oxygens (including phenoxy) is 1. The van der Waals surface area contributed by atoms with Gasteiger partial charge in [-0.05, 0) is 55.8 Å². The molecule has 0 spiro atoms. The molecule has 0 bridgehead atoms. The molecule has 4 heterocycles. The number of halogens is 1. The Labute approximate surface area is 169 Å². The number of rotatable bonds is 4. The van der Waals surface area contributed by atoms with Crippen LogP contribution in [0.5, 0.6) is 5.75 Å². The van der Waals surface area contributed by atoms with Crippen molar-refractivity contribution in [3.05, 3.63) is 63.9 Å². The second kappa shape index (κ2) is 6.61. The third-order valence-corrected chi connectivity index (χ3v) is 5.95. The predicted molar refractivity (Wildman–Crippen MR) is 109 cm³/mol. The lowest BCUT2D eigenvalue weighted by Crippen LogP contribution is -1.93. The van der Waals surface area contributed by atoms with E-state index in [0.29, 0.717) is 29.0 Å². The van der Waals surface area contributed by atoms with Crippen LogP contribution in [0.4, 0.5) is 0 Å². The highest BCUT2D eigenvalue weighted by molar-refractivity contribution is 7.18. The number of nitrogens with zero attached hydrogens (tertiary/aromatic N) is 4. The molecule has 0 aliphatic rings. The third-order valence-electron chi connectivity index (χ3n) is 4.58. The first-order valence-electron chi connectivity index (χ1n) is 8.67. The van der Waals surface area contributed by atoms with Crippen LogP contribution < -0.4 is 4.74 Å². The Morgan fingerprint density at radius 2 is 1.96 bits per heavy atom. The Morgan fingerprint density at radius 1 is 1.14 bits per heavy atom. The Balaban J connectivity index is 1.44. The van der Waals surface area contributed by atoms with Crippen LogP contribution in [0.2, 0.25) is 5.02 Å². The van der Waals surface area contributed by atoms with E-state index in [1.165, 1.54) is 10.4 Å². The van der Waals surface area contributed by atoms with Gasteiger partial charge in [0.15, 0.2) is 11.4 Å². The summed E-state index contributed by atoms with van der Waals surface area (Å²) in [6, 6.07) is 10.9. The standard InChI is InChI=1S/C20H15ClN4O2S/c1-11-12(2)28-20-17(11)19-23-18(24-25(19)10-22-20)16-8-7-15(27-16)9-26-14-5-3-13(21)4-6-14/h3-8,10H,9H2,1-2H3. The summed E-state index contributed by atoms with van der Waals surface area (Å²) in [5, 5.41) is 6.24. The number of hydrogen-bond donors (Lipinski definition) is 0. The van der Waals surface area contributed by atoms with Crippen molar-refractivity contribution >= 4 is 38.8 Å². The molecule has 6 nitrogen and oxygen atoms in total. The van der Waals surface area contributed by atoms with Crippen molar-refractivity contribution in [2.75, 3.05) is 0 Å². The Kier molecular flexibility index (Phi) is 4.07. The second-order valence-corrected chi connectivity index (χ2v) is 8.06. The average molecular weight is 411 g/mol. The molecule has 0 fully saturated rings. The first-order chi connectivity index (χ1) is 13.6. The lowest BCUT2D eigenvalue weighted by Gasteiger charge is -2.03. The smallest absolute Gasteiger partial charge is 0.217 e. The van der Waals surface area contributed by atoms with Crippen LogP contribution in [0.1, 0.15) is 16.2 Å². The monoisotopic (exact) mass is 410 g/mol. The van der Waals surface area contributed by atoms with Crippen molar-refractivity contribution in [1.29, 1.82) is 0 Å². The summed E-state index contributed by atoms with van der Waals surface area (Å²) >= 11 is 7.55. The Hall–Kier alpha value is -2.90. The molecule has 0 atom stereocenters. The number of aromatic nitrogens is 4. The van der Waals surface area contributed by atoms with E-state index in [4.69, 9.17) is 25.7 Å². The summed E-state index contributed by atoms with van der Waals surface area (Å²) in [7, 11) is 0. The van der Waals surface area contributed by atoms with Crippen LogP contribution in [0.3, 0.4) is 0 Å². The summed E-state index contributed by atoms with van der Waals surface area (Å²) in [6.45, 7) is 4.49. The van der Waals surface area contributed by atoms with Gasteiger partial charge < -0.3 is 9.15 Å². The normalized spacial score (nSPS) is 11.5. The van der Waals surface area contributed by atoms with Gasteiger partial charge in [-0.25, -0.2) is 14.5 Å². The van der Waals surface area contributed by atoms with Crippen LogP contribution in [-0.2, 0) is 6.61 Å². The molecule has 5 rings (SSSR count). The third kappa shape index (κ3) is 2.93. The number of aryl methyl sites for hydroxylation is 2. The zero-order valence-corrected chi connectivity index (χ0v) is 16.7. The van der Waals surface area contributed by atoms with E-state index in [-0.39, 0.29) is 0 Å². The number of thiophene rings is 1. The molecule has 0 radical (unpaired) electrons. The van der Waals surface area contributed by atoms with E-state index in [1.54, 1.807) is 34.3 Å². The van der Waals surface area contributed by atoms with Gasteiger partial charge in [0.1, 0.15) is 29.3 Å². The van der Waals surface area contributed by atoms with E-state index in [2.05, 4.69) is 23.9 Å². The minimum atomic E-state index is 0.309. The molecule has 0 amide bonds. The number of hydrogen-bond acceptors (Lipinski definition) is 6. The van der Waals surface area contributed by atoms with E-state index in [9.17, 15) is 0 Å². The average Bonchev–Trinajstić information content (AvgIpc) is 3.39. The van der Waals surface area contributed by atoms with Crippen molar-refractivity contribution in [3.63, 3.8) is 0 Å². The molecule has 0 saturated heterocycles. The largest absolute Gasteiger partial charge is 0.486 e. The summed E-state index contributed by atoms with van der Waals surface area (Å²) in [4.78, 5) is 11.4. The summed E-state index contributed by atoms with van der Waals surface area (Å²) in [5.41, 5.74) is 1.98. The van der Waals surface area contributed by atoms with Crippen molar-refractivity contribution in [3.8, 4) is 17.3 Å². The van der Waals surface area contributed by atoms with Crippen LogP contribution in [-0.4, -0.2) is 19.6 Å². The van der Waals surface area contributed by atoms with E-state index >= 15 is 0 Å². The zero-order valence-electron chi connectivity index (χ0n) is 15.1. The van der Waals surface area contributed by atoms with Crippen LogP contribution in [0, 0.1) is 13.8 Å². The van der Waals surface area contributed by atoms with Crippen LogP contribution >= 0.6 is 22.9 Å². The van der Waals surface area contributed by atoms with Crippen molar-refractivity contribution < 1.29 is 9.15 Å². The number of fused-ring (bicyclic) bond motifs is 3. The van der Waals surface area contributed by atoms with Crippen molar-refractivity contribution in [2.45, 2.75) is 20.5 Å². The molecule has 140 valence electrons. The molecule has 28 heavy (non-hydrogen) atoms. The highest BCUT2D eigenvalue weighted by Gasteiger charge is 2.16. The molecular formula is C20H15ClN4O2S. The molecular weight excluding hydrogens is 396 g/mol. The molecule has 8 heteroatoms. The van der Waals surface area contributed by atoms with Gasteiger partial charge >= 0.3 is 0 Å². The molecule has 4 aromatic heterocycles. The summed E-state index contributed by atoms with van der Waals surface area (Å²) in [5.74, 6) is 2.53. The second-order valence-electron chi connectivity index (χ2n) is 6.42. The maximum Gasteiger partial charge on any atom is 0.217 e. The van der Waals surface area contributed by atoms with E-state index < -0.39 is 0 Å².